The number of aryl methyl sites for hydroxylation is 1. The molecule has 2 N–H and O–H groups in total. The van der Waals surface area contributed by atoms with E-state index in [1.54, 1.807) is 29.2 Å². The van der Waals surface area contributed by atoms with Gasteiger partial charge in [0.15, 0.2) is 5.69 Å². The van der Waals surface area contributed by atoms with Gasteiger partial charge in [-0.25, -0.2) is 9.78 Å². The Kier molecular flexibility index (Phi) is 3.66. The molecule has 0 aliphatic rings. The van der Waals surface area contributed by atoms with Crippen LogP contribution in [0.2, 0.25) is 0 Å². The Bertz CT molecular complexity index is 559. The van der Waals surface area contributed by atoms with Gasteiger partial charge in [0.2, 0.25) is 0 Å². The number of aromatic nitrogens is 2. The number of nitrogens with two attached hydrogens (primary N) is 1. The zero-order chi connectivity index (χ0) is 13.1. The van der Waals surface area contributed by atoms with Crippen molar-refractivity contribution in [1.29, 1.82) is 0 Å². The number of nitrogen functional groups attached to an aromatic ring is 1. The minimum atomic E-state index is -0.476. The quantitative estimate of drug-likeness (QED) is 0.859. The second-order valence-electron chi connectivity index (χ2n) is 3.84. The molecular formula is C12H15N3O2S. The van der Waals surface area contributed by atoms with Crippen LogP contribution in [0.4, 0.5) is 5.82 Å². The van der Waals surface area contributed by atoms with Gasteiger partial charge in [0.1, 0.15) is 5.82 Å². The molecule has 2 rings (SSSR count). The normalized spacial score (nSPS) is 10.6. The highest BCUT2D eigenvalue weighted by atomic mass is 32.1. The first-order chi connectivity index (χ1) is 8.61. The Labute approximate surface area is 109 Å². The highest BCUT2D eigenvalue weighted by Crippen LogP contribution is 2.19. The van der Waals surface area contributed by atoms with Crippen LogP contribution in [0.15, 0.2) is 18.5 Å². The number of thiophene rings is 1. The van der Waals surface area contributed by atoms with Crippen molar-refractivity contribution in [2.24, 2.45) is 0 Å². The SMILES string of the molecule is CCOC(=O)c1ncn(Cc2ccc(C)s2)c1N. The van der Waals surface area contributed by atoms with Gasteiger partial charge in [-0.15, -0.1) is 11.3 Å². The first kappa shape index (κ1) is 12.6. The van der Waals surface area contributed by atoms with E-state index < -0.39 is 5.97 Å². The van der Waals surface area contributed by atoms with Crippen LogP contribution >= 0.6 is 11.3 Å². The summed E-state index contributed by atoms with van der Waals surface area (Å²) in [6, 6.07) is 4.10. The summed E-state index contributed by atoms with van der Waals surface area (Å²) >= 11 is 1.70. The summed E-state index contributed by atoms with van der Waals surface area (Å²) in [6.07, 6.45) is 1.57. The molecule has 0 saturated carbocycles. The first-order valence-corrected chi connectivity index (χ1v) is 6.46. The molecule has 2 heterocycles. The van der Waals surface area contributed by atoms with Gasteiger partial charge in [0.05, 0.1) is 19.5 Å². The smallest absolute Gasteiger partial charge is 0.360 e. The van der Waals surface area contributed by atoms with Crippen LogP contribution < -0.4 is 5.73 Å². The monoisotopic (exact) mass is 265 g/mol. The van der Waals surface area contributed by atoms with Crippen LogP contribution in [0.25, 0.3) is 0 Å². The topological polar surface area (TPSA) is 70.1 Å². The third kappa shape index (κ3) is 2.53. The lowest BCUT2D eigenvalue weighted by Gasteiger charge is -2.03. The summed E-state index contributed by atoms with van der Waals surface area (Å²) < 4.78 is 6.63. The molecule has 96 valence electrons. The standard InChI is InChI=1S/C12H15N3O2S/c1-3-17-12(16)10-11(13)15(7-14-10)6-9-5-4-8(2)18-9/h4-5,7H,3,6,13H2,1-2H3. The van der Waals surface area contributed by atoms with E-state index in [4.69, 9.17) is 10.5 Å². The van der Waals surface area contributed by atoms with E-state index in [2.05, 4.69) is 18.0 Å². The number of hydrogen-bond acceptors (Lipinski definition) is 5. The third-order valence-corrected chi connectivity index (χ3v) is 3.45. The summed E-state index contributed by atoms with van der Waals surface area (Å²) in [7, 11) is 0. The van der Waals surface area contributed by atoms with E-state index in [-0.39, 0.29) is 5.69 Å². The first-order valence-electron chi connectivity index (χ1n) is 5.65. The van der Waals surface area contributed by atoms with Crippen LogP contribution in [-0.2, 0) is 11.3 Å². The lowest BCUT2D eigenvalue weighted by atomic mass is 10.4. The van der Waals surface area contributed by atoms with E-state index in [1.165, 1.54) is 9.75 Å². The lowest BCUT2D eigenvalue weighted by Crippen LogP contribution is -2.10. The van der Waals surface area contributed by atoms with E-state index in [0.29, 0.717) is 19.0 Å². The molecule has 0 saturated heterocycles. The fourth-order valence-electron chi connectivity index (χ4n) is 1.61. The van der Waals surface area contributed by atoms with Gasteiger partial charge in [-0.3, -0.25) is 0 Å². The Morgan fingerprint density at radius 1 is 1.56 bits per heavy atom. The van der Waals surface area contributed by atoms with Crippen molar-refractivity contribution in [2.45, 2.75) is 20.4 Å². The number of ether oxygens (including phenoxy) is 1. The maximum absolute atomic E-state index is 11.6. The van der Waals surface area contributed by atoms with E-state index in [1.807, 2.05) is 6.07 Å². The van der Waals surface area contributed by atoms with Crippen molar-refractivity contribution in [1.82, 2.24) is 9.55 Å². The highest BCUT2D eigenvalue weighted by molar-refractivity contribution is 7.11. The molecule has 2 aromatic rings. The van der Waals surface area contributed by atoms with Gasteiger partial charge in [0, 0.05) is 9.75 Å². The van der Waals surface area contributed by atoms with Crippen LogP contribution in [0.3, 0.4) is 0 Å². The van der Waals surface area contributed by atoms with Gasteiger partial charge in [-0.2, -0.15) is 0 Å². The van der Waals surface area contributed by atoms with Crippen LogP contribution in [0, 0.1) is 6.92 Å². The van der Waals surface area contributed by atoms with E-state index >= 15 is 0 Å². The number of rotatable bonds is 4. The number of hydrogen-bond donors (Lipinski definition) is 1. The summed E-state index contributed by atoms with van der Waals surface area (Å²) in [5.74, 6) is -0.129. The van der Waals surface area contributed by atoms with Gasteiger partial charge < -0.3 is 15.0 Å². The molecule has 5 nitrogen and oxygen atoms in total. The third-order valence-electron chi connectivity index (χ3n) is 2.47. The molecule has 0 amide bonds. The largest absolute Gasteiger partial charge is 0.461 e. The summed E-state index contributed by atoms with van der Waals surface area (Å²) in [6.45, 7) is 4.74. The van der Waals surface area contributed by atoms with Gasteiger partial charge in [0.25, 0.3) is 0 Å². The average molecular weight is 265 g/mol. The van der Waals surface area contributed by atoms with Crippen molar-refractivity contribution >= 4 is 23.1 Å². The zero-order valence-corrected chi connectivity index (χ0v) is 11.2. The molecule has 0 fully saturated rings. The Morgan fingerprint density at radius 3 is 2.94 bits per heavy atom. The Hall–Kier alpha value is -1.82. The maximum atomic E-state index is 11.6. The number of esters is 1. The molecule has 0 spiro atoms. The molecule has 18 heavy (non-hydrogen) atoms. The molecular weight excluding hydrogens is 250 g/mol. The zero-order valence-electron chi connectivity index (χ0n) is 10.3. The van der Waals surface area contributed by atoms with Crippen LogP contribution in [-0.4, -0.2) is 22.1 Å². The number of anilines is 1. The predicted octanol–water partition coefficient (Wildman–Crippen LogP) is 2.06. The minimum Gasteiger partial charge on any atom is -0.461 e. The van der Waals surface area contributed by atoms with Gasteiger partial charge in [-0.05, 0) is 26.0 Å². The summed E-state index contributed by atoms with van der Waals surface area (Å²) in [5.41, 5.74) is 6.08. The van der Waals surface area contributed by atoms with Gasteiger partial charge >= 0.3 is 5.97 Å². The number of carbonyl (C=O) groups is 1. The number of carbonyl (C=O) groups excluding carboxylic acids is 1. The highest BCUT2D eigenvalue weighted by Gasteiger charge is 2.16. The van der Waals surface area contributed by atoms with Crippen LogP contribution in [0.5, 0.6) is 0 Å². The molecule has 0 aliphatic carbocycles. The fourth-order valence-corrected chi connectivity index (χ4v) is 2.50. The molecule has 0 aromatic carbocycles. The van der Waals surface area contributed by atoms with E-state index in [0.717, 1.165) is 0 Å². The number of imidazole rings is 1. The van der Waals surface area contributed by atoms with E-state index in [9.17, 15) is 4.79 Å². The average Bonchev–Trinajstić information content (AvgIpc) is 2.88. The molecule has 0 bridgehead atoms. The molecule has 2 aromatic heterocycles. The molecule has 0 unspecified atom stereocenters. The second-order valence-corrected chi connectivity index (χ2v) is 5.21. The predicted molar refractivity (Wildman–Crippen MR) is 70.8 cm³/mol. The molecule has 0 atom stereocenters. The van der Waals surface area contributed by atoms with Crippen molar-refractivity contribution in [3.63, 3.8) is 0 Å². The Morgan fingerprint density at radius 2 is 2.33 bits per heavy atom. The summed E-state index contributed by atoms with van der Waals surface area (Å²) in [4.78, 5) is 18.0. The lowest BCUT2D eigenvalue weighted by molar-refractivity contribution is 0.0521. The minimum absolute atomic E-state index is 0.185. The molecule has 6 heteroatoms. The van der Waals surface area contributed by atoms with Crippen molar-refractivity contribution < 1.29 is 9.53 Å². The second kappa shape index (κ2) is 5.22. The summed E-state index contributed by atoms with van der Waals surface area (Å²) in [5, 5.41) is 0. The van der Waals surface area contributed by atoms with Crippen molar-refractivity contribution in [3.05, 3.63) is 33.9 Å². The van der Waals surface area contributed by atoms with Crippen molar-refractivity contribution in [2.75, 3.05) is 12.3 Å². The molecule has 0 radical (unpaired) electrons. The fraction of sp³-hybridized carbons (Fsp3) is 0.333. The maximum Gasteiger partial charge on any atom is 0.360 e. The Balaban J connectivity index is 2.18. The van der Waals surface area contributed by atoms with Crippen molar-refractivity contribution in [3.8, 4) is 0 Å². The number of nitrogens with zero attached hydrogens (tertiary/aromatic N) is 2. The van der Waals surface area contributed by atoms with Gasteiger partial charge in [-0.1, -0.05) is 0 Å². The molecule has 0 aliphatic heterocycles. The van der Waals surface area contributed by atoms with Crippen LogP contribution in [0.1, 0.15) is 27.2 Å².